The third-order valence-electron chi connectivity index (χ3n) is 4.92. The van der Waals surface area contributed by atoms with Crippen molar-refractivity contribution in [1.82, 2.24) is 19.7 Å². The molecule has 0 radical (unpaired) electrons. The molecule has 0 aromatic carbocycles. The average Bonchev–Trinajstić information content (AvgIpc) is 3.01. The van der Waals surface area contributed by atoms with Crippen molar-refractivity contribution >= 4 is 17.7 Å². The molecule has 2 aromatic rings. The van der Waals surface area contributed by atoms with Crippen molar-refractivity contribution in [3.63, 3.8) is 0 Å². The number of hydrogen-bond acceptors (Lipinski definition) is 6. The first kappa shape index (κ1) is 19.5. The highest BCUT2D eigenvalue weighted by atomic mass is 16.4. The number of aromatic nitrogens is 4. The third-order valence-corrected chi connectivity index (χ3v) is 4.92. The van der Waals surface area contributed by atoms with Gasteiger partial charge in [0.1, 0.15) is 5.82 Å². The number of aryl methyl sites for hydroxylation is 2. The zero-order valence-corrected chi connectivity index (χ0v) is 16.0. The Bertz CT molecular complexity index is 1000. The van der Waals surface area contributed by atoms with E-state index < -0.39 is 23.7 Å². The molecule has 1 aliphatic rings. The maximum atomic E-state index is 12.7. The van der Waals surface area contributed by atoms with Crippen LogP contribution in [0.15, 0.2) is 23.0 Å². The van der Waals surface area contributed by atoms with Crippen LogP contribution in [0.1, 0.15) is 36.7 Å². The van der Waals surface area contributed by atoms with Gasteiger partial charge in [-0.2, -0.15) is 9.78 Å². The number of nitrogens with one attached hydrogen (secondary N) is 2. The molecule has 0 unspecified atom stereocenters. The zero-order chi connectivity index (χ0) is 20.4. The highest BCUT2D eigenvalue weighted by molar-refractivity contribution is 5.94. The normalized spacial score (nSPS) is 18.8. The number of carbonyl (C=O) groups is 2. The van der Waals surface area contributed by atoms with Crippen LogP contribution >= 0.6 is 0 Å². The molecule has 28 heavy (non-hydrogen) atoms. The number of nitrogens with zero attached hydrogens (tertiary/aromatic N) is 3. The number of anilines is 1. The molecule has 1 aliphatic carbocycles. The van der Waals surface area contributed by atoms with E-state index in [2.05, 4.69) is 20.4 Å². The second-order valence-electron chi connectivity index (χ2n) is 6.85. The van der Waals surface area contributed by atoms with E-state index >= 15 is 0 Å². The van der Waals surface area contributed by atoms with Crippen LogP contribution in [0, 0.1) is 25.7 Å². The van der Waals surface area contributed by atoms with Gasteiger partial charge in [-0.15, -0.1) is 0 Å². The number of aromatic amines is 1. The molecule has 2 aromatic heterocycles. The Kier molecular flexibility index (Phi) is 5.43. The summed E-state index contributed by atoms with van der Waals surface area (Å²) >= 11 is 0. The van der Waals surface area contributed by atoms with E-state index in [0.29, 0.717) is 35.6 Å². The molecule has 0 fully saturated rings. The molecule has 148 valence electrons. The van der Waals surface area contributed by atoms with Gasteiger partial charge in [0.05, 0.1) is 11.6 Å². The van der Waals surface area contributed by atoms with E-state index in [1.807, 2.05) is 6.92 Å². The molecule has 1 amide bonds. The third kappa shape index (κ3) is 3.73. The first-order valence-corrected chi connectivity index (χ1v) is 9.15. The first-order valence-electron chi connectivity index (χ1n) is 9.15. The van der Waals surface area contributed by atoms with Gasteiger partial charge in [-0.3, -0.25) is 14.6 Å². The zero-order valence-electron chi connectivity index (χ0n) is 16.0. The van der Waals surface area contributed by atoms with Crippen LogP contribution in [0.25, 0.3) is 5.95 Å². The number of amides is 1. The summed E-state index contributed by atoms with van der Waals surface area (Å²) in [4.78, 5) is 43.4. The SMILES string of the molecule is CCc1c(C)nc(-n2nc(C)cc2NC(=O)[C@H]2CC=CC[C@@H]2C(=O)[O-])[nH]c1=O. The predicted octanol–water partition coefficient (Wildman–Crippen LogP) is 0.406. The number of aliphatic carboxylic acids is 1. The van der Waals surface area contributed by atoms with Crippen LogP contribution in [-0.4, -0.2) is 31.6 Å². The number of carboxylic acid groups (broad SMARTS) is 1. The summed E-state index contributed by atoms with van der Waals surface area (Å²) < 4.78 is 1.34. The van der Waals surface area contributed by atoms with Gasteiger partial charge in [-0.1, -0.05) is 19.1 Å². The van der Waals surface area contributed by atoms with Gasteiger partial charge in [0.15, 0.2) is 0 Å². The van der Waals surface area contributed by atoms with Crippen molar-refractivity contribution < 1.29 is 14.7 Å². The second-order valence-corrected chi connectivity index (χ2v) is 6.85. The Hall–Kier alpha value is -3.23. The monoisotopic (exact) mass is 384 g/mol. The molecular formula is C19H22N5O4-. The molecule has 0 aliphatic heterocycles. The number of rotatable bonds is 5. The van der Waals surface area contributed by atoms with E-state index in [4.69, 9.17) is 0 Å². The molecule has 0 saturated carbocycles. The largest absolute Gasteiger partial charge is 0.550 e. The summed E-state index contributed by atoms with van der Waals surface area (Å²) in [5.74, 6) is -2.82. The second kappa shape index (κ2) is 7.79. The molecule has 2 heterocycles. The van der Waals surface area contributed by atoms with E-state index in [1.165, 1.54) is 4.68 Å². The highest BCUT2D eigenvalue weighted by Gasteiger charge is 2.30. The number of carbonyl (C=O) groups excluding carboxylic acids is 2. The average molecular weight is 384 g/mol. The van der Waals surface area contributed by atoms with Gasteiger partial charge in [-0.25, -0.2) is 4.98 Å². The van der Waals surface area contributed by atoms with E-state index in [-0.39, 0.29) is 17.9 Å². The quantitative estimate of drug-likeness (QED) is 0.717. The highest BCUT2D eigenvalue weighted by Crippen LogP contribution is 2.27. The van der Waals surface area contributed by atoms with Crippen LogP contribution in [0.3, 0.4) is 0 Å². The van der Waals surface area contributed by atoms with Crippen molar-refractivity contribution in [2.45, 2.75) is 40.0 Å². The van der Waals surface area contributed by atoms with E-state index in [9.17, 15) is 19.5 Å². The minimum atomic E-state index is -1.24. The summed E-state index contributed by atoms with van der Waals surface area (Å²) in [6.07, 6.45) is 4.65. The Labute approximate surface area is 161 Å². The number of hydrogen-bond donors (Lipinski definition) is 2. The lowest BCUT2D eigenvalue weighted by Gasteiger charge is -2.28. The molecule has 0 bridgehead atoms. The van der Waals surface area contributed by atoms with Gasteiger partial charge in [0, 0.05) is 29.2 Å². The maximum absolute atomic E-state index is 12.7. The van der Waals surface area contributed by atoms with E-state index in [0.717, 1.165) is 0 Å². The minimum Gasteiger partial charge on any atom is -0.550 e. The van der Waals surface area contributed by atoms with Crippen LogP contribution in [0.2, 0.25) is 0 Å². The van der Waals surface area contributed by atoms with Gasteiger partial charge in [0.2, 0.25) is 11.9 Å². The fourth-order valence-electron chi connectivity index (χ4n) is 3.45. The standard InChI is InChI=1S/C19H23N5O4/c1-4-12-11(3)20-19(22-16(12)25)24-15(9-10(2)23-24)21-17(26)13-7-5-6-8-14(13)18(27)28/h5-6,9,13-14H,4,7-8H2,1-3H3,(H,21,26)(H,27,28)(H,20,22,25)/p-1/t13-,14-/m0/s1. The molecule has 2 N–H and O–H groups in total. The fraction of sp³-hybridized carbons (Fsp3) is 0.421. The van der Waals surface area contributed by atoms with Crippen molar-refractivity contribution in [3.05, 3.63) is 45.5 Å². The summed E-state index contributed by atoms with van der Waals surface area (Å²) in [6.45, 7) is 5.35. The number of carboxylic acids is 1. The summed E-state index contributed by atoms with van der Waals surface area (Å²) in [5.41, 5.74) is 1.52. The number of H-pyrrole nitrogens is 1. The van der Waals surface area contributed by atoms with Crippen molar-refractivity contribution in [1.29, 1.82) is 0 Å². The molecule has 0 saturated heterocycles. The Morgan fingerprint density at radius 1 is 1.29 bits per heavy atom. The smallest absolute Gasteiger partial charge is 0.255 e. The lowest BCUT2D eigenvalue weighted by Crippen LogP contribution is -2.41. The predicted molar refractivity (Wildman–Crippen MR) is 99.8 cm³/mol. The molecule has 0 spiro atoms. The first-order chi connectivity index (χ1) is 13.3. The molecule has 2 atom stereocenters. The van der Waals surface area contributed by atoms with Crippen molar-refractivity contribution in [2.75, 3.05) is 5.32 Å². The molecule has 9 heteroatoms. The van der Waals surface area contributed by atoms with Gasteiger partial charge >= 0.3 is 0 Å². The van der Waals surface area contributed by atoms with Crippen LogP contribution in [0.5, 0.6) is 0 Å². The van der Waals surface area contributed by atoms with Crippen molar-refractivity contribution in [3.8, 4) is 5.95 Å². The Morgan fingerprint density at radius 3 is 2.57 bits per heavy atom. The minimum absolute atomic E-state index is 0.183. The molecule has 3 rings (SSSR count). The Morgan fingerprint density at radius 2 is 1.96 bits per heavy atom. The van der Waals surface area contributed by atoms with Gasteiger partial charge < -0.3 is 15.2 Å². The van der Waals surface area contributed by atoms with Crippen LogP contribution in [-0.2, 0) is 16.0 Å². The molecular weight excluding hydrogens is 362 g/mol. The maximum Gasteiger partial charge on any atom is 0.255 e. The van der Waals surface area contributed by atoms with E-state index in [1.54, 1.807) is 32.1 Å². The molecule has 9 nitrogen and oxygen atoms in total. The van der Waals surface area contributed by atoms with Gasteiger partial charge in [-0.05, 0) is 33.1 Å². The summed E-state index contributed by atoms with van der Waals surface area (Å²) in [5, 5.41) is 18.4. The topological polar surface area (TPSA) is 133 Å². The lowest BCUT2D eigenvalue weighted by molar-refractivity contribution is -0.313. The Balaban J connectivity index is 1.93. The van der Waals surface area contributed by atoms with Crippen molar-refractivity contribution in [2.24, 2.45) is 11.8 Å². The summed E-state index contributed by atoms with van der Waals surface area (Å²) in [6, 6.07) is 1.63. The van der Waals surface area contributed by atoms with Crippen LogP contribution in [0.4, 0.5) is 5.82 Å². The summed E-state index contributed by atoms with van der Waals surface area (Å²) in [7, 11) is 0. The number of allylic oxidation sites excluding steroid dienone is 2. The van der Waals surface area contributed by atoms with Gasteiger partial charge in [0.25, 0.3) is 5.56 Å². The fourth-order valence-corrected chi connectivity index (χ4v) is 3.45. The van der Waals surface area contributed by atoms with Crippen LogP contribution < -0.4 is 16.0 Å². The lowest BCUT2D eigenvalue weighted by atomic mass is 9.82.